The second kappa shape index (κ2) is 8.50. The average molecular weight is 331 g/mol. The largest absolute Gasteiger partial charge is 0.491 e. The van der Waals surface area contributed by atoms with Gasteiger partial charge in [-0.1, -0.05) is 18.2 Å². The van der Waals surface area contributed by atoms with Crippen LogP contribution in [0.25, 0.3) is 6.08 Å². The molecule has 2 N–H and O–H groups in total. The lowest BCUT2D eigenvalue weighted by Crippen LogP contribution is -2.26. The SMILES string of the molecule is Cc1cccc(C)c1OCCNC(=O)/C=C/c1cc(CO)cs1. The van der Waals surface area contributed by atoms with Crippen molar-refractivity contribution in [2.24, 2.45) is 0 Å². The van der Waals surface area contributed by atoms with Gasteiger partial charge in [-0.3, -0.25) is 4.79 Å². The predicted octanol–water partition coefficient (Wildman–Crippen LogP) is 3.07. The van der Waals surface area contributed by atoms with Crippen LogP contribution in [0.15, 0.2) is 35.7 Å². The molecule has 1 amide bonds. The summed E-state index contributed by atoms with van der Waals surface area (Å²) < 4.78 is 5.73. The molecule has 0 unspecified atom stereocenters. The van der Waals surface area contributed by atoms with E-state index in [4.69, 9.17) is 9.84 Å². The van der Waals surface area contributed by atoms with Gasteiger partial charge in [0, 0.05) is 11.0 Å². The monoisotopic (exact) mass is 331 g/mol. The Labute approximate surface area is 140 Å². The molecule has 0 saturated heterocycles. The number of aliphatic hydroxyl groups is 1. The van der Waals surface area contributed by atoms with Crippen molar-refractivity contribution in [1.82, 2.24) is 5.32 Å². The molecule has 1 heterocycles. The van der Waals surface area contributed by atoms with E-state index >= 15 is 0 Å². The van der Waals surface area contributed by atoms with Crippen LogP contribution in [-0.4, -0.2) is 24.2 Å². The molecule has 23 heavy (non-hydrogen) atoms. The number of carbonyl (C=O) groups is 1. The van der Waals surface area contributed by atoms with Gasteiger partial charge in [0.25, 0.3) is 0 Å². The fourth-order valence-corrected chi connectivity index (χ4v) is 2.93. The first-order chi connectivity index (χ1) is 11.1. The molecule has 0 saturated carbocycles. The van der Waals surface area contributed by atoms with Crippen molar-refractivity contribution >= 4 is 23.3 Å². The van der Waals surface area contributed by atoms with Gasteiger partial charge in [0.2, 0.25) is 5.91 Å². The number of hydrogen-bond acceptors (Lipinski definition) is 4. The number of nitrogens with one attached hydrogen (secondary N) is 1. The standard InChI is InChI=1S/C18H21NO3S/c1-13-4-3-5-14(2)18(13)22-9-8-19-17(21)7-6-16-10-15(11-20)12-23-16/h3-7,10,12,20H,8-9,11H2,1-2H3,(H,19,21)/b7-6+. The molecule has 2 rings (SSSR count). The summed E-state index contributed by atoms with van der Waals surface area (Å²) in [5.74, 6) is 0.724. The maximum Gasteiger partial charge on any atom is 0.244 e. The van der Waals surface area contributed by atoms with Crippen molar-refractivity contribution in [1.29, 1.82) is 0 Å². The molecule has 0 bridgehead atoms. The Balaban J connectivity index is 1.74. The highest BCUT2D eigenvalue weighted by molar-refractivity contribution is 7.11. The number of rotatable bonds is 7. The zero-order valence-electron chi connectivity index (χ0n) is 13.3. The normalized spacial score (nSPS) is 10.9. The van der Waals surface area contributed by atoms with Crippen LogP contribution in [0.3, 0.4) is 0 Å². The highest BCUT2D eigenvalue weighted by atomic mass is 32.1. The van der Waals surface area contributed by atoms with Gasteiger partial charge in [0.15, 0.2) is 0 Å². The van der Waals surface area contributed by atoms with Crippen LogP contribution in [-0.2, 0) is 11.4 Å². The molecule has 0 aliphatic heterocycles. The number of aliphatic hydroxyl groups excluding tert-OH is 1. The summed E-state index contributed by atoms with van der Waals surface area (Å²) in [7, 11) is 0. The molecular weight excluding hydrogens is 310 g/mol. The highest BCUT2D eigenvalue weighted by Crippen LogP contribution is 2.21. The number of benzene rings is 1. The molecule has 4 nitrogen and oxygen atoms in total. The number of carbonyl (C=O) groups excluding carboxylic acids is 1. The Morgan fingerprint density at radius 2 is 2.09 bits per heavy atom. The third-order valence-electron chi connectivity index (χ3n) is 3.31. The second-order valence-corrected chi connectivity index (χ2v) is 6.15. The minimum atomic E-state index is -0.158. The van der Waals surface area contributed by atoms with E-state index in [1.54, 1.807) is 6.08 Å². The molecule has 2 aromatic rings. The Morgan fingerprint density at radius 1 is 1.35 bits per heavy atom. The van der Waals surface area contributed by atoms with Gasteiger partial charge >= 0.3 is 0 Å². The summed E-state index contributed by atoms with van der Waals surface area (Å²) in [6.45, 7) is 4.91. The first kappa shape index (κ1) is 17.2. The molecule has 0 aliphatic carbocycles. The maximum atomic E-state index is 11.7. The number of ether oxygens (including phenoxy) is 1. The van der Waals surface area contributed by atoms with Gasteiger partial charge in [-0.15, -0.1) is 11.3 Å². The Morgan fingerprint density at radius 3 is 2.74 bits per heavy atom. The fraction of sp³-hybridized carbons (Fsp3) is 0.278. The molecule has 0 radical (unpaired) electrons. The van der Waals surface area contributed by atoms with Crippen molar-refractivity contribution in [3.05, 3.63) is 57.3 Å². The summed E-state index contributed by atoms with van der Waals surface area (Å²) >= 11 is 1.49. The van der Waals surface area contributed by atoms with Crippen LogP contribution in [0.4, 0.5) is 0 Å². The van der Waals surface area contributed by atoms with Crippen molar-refractivity contribution in [2.75, 3.05) is 13.2 Å². The van der Waals surface area contributed by atoms with Gasteiger partial charge in [-0.25, -0.2) is 0 Å². The number of para-hydroxylation sites is 1. The molecular formula is C18H21NO3S. The van der Waals surface area contributed by atoms with Gasteiger partial charge in [0.05, 0.1) is 13.2 Å². The van der Waals surface area contributed by atoms with E-state index < -0.39 is 0 Å². The highest BCUT2D eigenvalue weighted by Gasteiger charge is 2.03. The third-order valence-corrected chi connectivity index (χ3v) is 4.26. The van der Waals surface area contributed by atoms with Gasteiger partial charge < -0.3 is 15.2 Å². The van der Waals surface area contributed by atoms with E-state index in [0.29, 0.717) is 13.2 Å². The van der Waals surface area contributed by atoms with Crippen LogP contribution in [0, 0.1) is 13.8 Å². The number of thiophene rings is 1. The van der Waals surface area contributed by atoms with Gasteiger partial charge in [-0.05, 0) is 48.1 Å². The summed E-state index contributed by atoms with van der Waals surface area (Å²) in [5, 5.41) is 13.7. The van der Waals surface area contributed by atoms with Gasteiger partial charge in [-0.2, -0.15) is 0 Å². The Bertz CT molecular complexity index is 671. The quantitative estimate of drug-likeness (QED) is 0.605. The minimum absolute atomic E-state index is 0.0200. The second-order valence-electron chi connectivity index (χ2n) is 5.21. The number of aryl methyl sites for hydroxylation is 2. The van der Waals surface area contributed by atoms with Crippen LogP contribution in [0.5, 0.6) is 5.75 Å². The number of hydrogen-bond donors (Lipinski definition) is 2. The van der Waals surface area contributed by atoms with Crippen LogP contribution in [0.1, 0.15) is 21.6 Å². The average Bonchev–Trinajstić information content (AvgIpc) is 3.00. The van der Waals surface area contributed by atoms with Crippen molar-refractivity contribution < 1.29 is 14.6 Å². The minimum Gasteiger partial charge on any atom is -0.491 e. The molecule has 0 atom stereocenters. The maximum absolute atomic E-state index is 11.7. The first-order valence-electron chi connectivity index (χ1n) is 7.43. The first-order valence-corrected chi connectivity index (χ1v) is 8.31. The summed E-state index contributed by atoms with van der Waals surface area (Å²) in [5.41, 5.74) is 3.04. The predicted molar refractivity (Wildman–Crippen MR) is 93.7 cm³/mol. The molecule has 0 aliphatic rings. The lowest BCUT2D eigenvalue weighted by atomic mass is 10.1. The van der Waals surface area contributed by atoms with Crippen LogP contribution < -0.4 is 10.1 Å². The molecule has 1 aromatic heterocycles. The lowest BCUT2D eigenvalue weighted by molar-refractivity contribution is -0.116. The van der Waals surface area contributed by atoms with E-state index in [1.807, 2.05) is 43.5 Å². The lowest BCUT2D eigenvalue weighted by Gasteiger charge is -2.11. The van der Waals surface area contributed by atoms with Crippen LogP contribution >= 0.6 is 11.3 Å². The van der Waals surface area contributed by atoms with Crippen molar-refractivity contribution in [3.63, 3.8) is 0 Å². The van der Waals surface area contributed by atoms with E-state index in [0.717, 1.165) is 27.3 Å². The van der Waals surface area contributed by atoms with Crippen molar-refractivity contribution in [3.8, 4) is 5.75 Å². The summed E-state index contributed by atoms with van der Waals surface area (Å²) in [6.07, 6.45) is 3.23. The van der Waals surface area contributed by atoms with Crippen molar-refractivity contribution in [2.45, 2.75) is 20.5 Å². The van der Waals surface area contributed by atoms with Crippen LogP contribution in [0.2, 0.25) is 0 Å². The number of amides is 1. The smallest absolute Gasteiger partial charge is 0.244 e. The molecule has 122 valence electrons. The molecule has 0 spiro atoms. The zero-order valence-corrected chi connectivity index (χ0v) is 14.2. The van der Waals surface area contributed by atoms with E-state index in [1.165, 1.54) is 17.4 Å². The summed E-state index contributed by atoms with van der Waals surface area (Å²) in [4.78, 5) is 12.7. The molecule has 5 heteroatoms. The molecule has 0 fully saturated rings. The summed E-state index contributed by atoms with van der Waals surface area (Å²) in [6, 6.07) is 7.87. The van der Waals surface area contributed by atoms with E-state index in [9.17, 15) is 4.79 Å². The van der Waals surface area contributed by atoms with E-state index in [2.05, 4.69) is 5.32 Å². The Hall–Kier alpha value is -2.11. The van der Waals surface area contributed by atoms with E-state index in [-0.39, 0.29) is 12.5 Å². The zero-order chi connectivity index (χ0) is 16.7. The molecule has 1 aromatic carbocycles. The van der Waals surface area contributed by atoms with Gasteiger partial charge in [0.1, 0.15) is 12.4 Å². The third kappa shape index (κ3) is 5.23. The fourth-order valence-electron chi connectivity index (χ4n) is 2.14. The Kier molecular flexibility index (Phi) is 6.38. The topological polar surface area (TPSA) is 58.6 Å².